The minimum Gasteiger partial charge on any atom is -0.331 e. The molecule has 0 N–H and O–H groups in total. The summed E-state index contributed by atoms with van der Waals surface area (Å²) in [6.45, 7) is 8.58. The summed E-state index contributed by atoms with van der Waals surface area (Å²) in [7, 11) is 0. The summed E-state index contributed by atoms with van der Waals surface area (Å²) < 4.78 is 2.07. The summed E-state index contributed by atoms with van der Waals surface area (Å²) in [4.78, 5) is 4.15. The van der Waals surface area contributed by atoms with Crippen molar-refractivity contribution < 1.29 is 0 Å². The molecule has 0 spiro atoms. The molecule has 0 fully saturated rings. The minimum atomic E-state index is 0.854. The van der Waals surface area contributed by atoms with Crippen molar-refractivity contribution >= 4 is 0 Å². The molecule has 1 aromatic rings. The molecule has 0 aliphatic rings. The maximum Gasteiger partial charge on any atom is 0.0954 e. The van der Waals surface area contributed by atoms with Gasteiger partial charge in [0.05, 0.1) is 12.0 Å². The van der Waals surface area contributed by atoms with Gasteiger partial charge in [-0.1, -0.05) is 6.08 Å². The number of nitrogens with zero attached hydrogens (tertiary/aromatic N) is 2. The molecule has 0 atom stereocenters. The van der Waals surface area contributed by atoms with E-state index in [0.717, 1.165) is 12.2 Å². The molecular weight excluding hydrogens is 124 g/mol. The normalized spacial score (nSPS) is 9.80. The molecule has 0 bridgehead atoms. The number of allylic oxidation sites excluding steroid dienone is 1. The highest BCUT2D eigenvalue weighted by Crippen LogP contribution is 2.02. The predicted molar refractivity (Wildman–Crippen MR) is 41.9 cm³/mol. The fourth-order valence-corrected chi connectivity index (χ4v) is 0.867. The number of rotatable bonds is 2. The SMILES string of the molecule is C=CCn1cnc(C)c1C. The van der Waals surface area contributed by atoms with Crippen molar-refractivity contribution in [1.82, 2.24) is 9.55 Å². The molecule has 2 nitrogen and oxygen atoms in total. The van der Waals surface area contributed by atoms with Crippen molar-refractivity contribution in [3.63, 3.8) is 0 Å². The van der Waals surface area contributed by atoms with E-state index >= 15 is 0 Å². The van der Waals surface area contributed by atoms with E-state index in [9.17, 15) is 0 Å². The molecule has 0 aliphatic heterocycles. The van der Waals surface area contributed by atoms with Crippen molar-refractivity contribution in [2.24, 2.45) is 0 Å². The third kappa shape index (κ3) is 1.10. The quantitative estimate of drug-likeness (QED) is 0.566. The van der Waals surface area contributed by atoms with Crippen LogP contribution in [0.2, 0.25) is 0 Å². The molecular formula is C8H12N2. The summed E-state index contributed by atoms with van der Waals surface area (Å²) in [5, 5.41) is 0. The summed E-state index contributed by atoms with van der Waals surface area (Å²) in [6, 6.07) is 0. The zero-order chi connectivity index (χ0) is 7.56. The first kappa shape index (κ1) is 7.06. The Morgan fingerprint density at radius 2 is 2.40 bits per heavy atom. The van der Waals surface area contributed by atoms with Gasteiger partial charge in [0.15, 0.2) is 0 Å². The zero-order valence-electron chi connectivity index (χ0n) is 6.46. The van der Waals surface area contributed by atoms with Crippen LogP contribution in [0.15, 0.2) is 19.0 Å². The molecule has 1 rings (SSSR count). The fraction of sp³-hybridized carbons (Fsp3) is 0.375. The number of aromatic nitrogens is 2. The van der Waals surface area contributed by atoms with E-state index in [2.05, 4.69) is 23.1 Å². The van der Waals surface area contributed by atoms with Gasteiger partial charge in [-0.3, -0.25) is 0 Å². The molecule has 0 aliphatic carbocycles. The number of hydrogen-bond acceptors (Lipinski definition) is 1. The van der Waals surface area contributed by atoms with Gasteiger partial charge in [-0.25, -0.2) is 4.98 Å². The standard InChI is InChI=1S/C8H12N2/c1-4-5-10-6-9-7(2)8(10)3/h4,6H,1,5H2,2-3H3. The Morgan fingerprint density at radius 1 is 1.70 bits per heavy atom. The first-order chi connectivity index (χ1) is 4.75. The van der Waals surface area contributed by atoms with E-state index in [1.807, 2.05) is 19.3 Å². The third-order valence-corrected chi connectivity index (χ3v) is 1.67. The van der Waals surface area contributed by atoms with Crippen molar-refractivity contribution in [3.05, 3.63) is 30.4 Å². The Hall–Kier alpha value is -1.05. The zero-order valence-corrected chi connectivity index (χ0v) is 6.46. The molecule has 10 heavy (non-hydrogen) atoms. The van der Waals surface area contributed by atoms with Crippen LogP contribution in [-0.2, 0) is 6.54 Å². The van der Waals surface area contributed by atoms with Gasteiger partial charge in [-0.05, 0) is 13.8 Å². The van der Waals surface area contributed by atoms with Gasteiger partial charge in [0, 0.05) is 12.2 Å². The summed E-state index contributed by atoms with van der Waals surface area (Å²) in [6.07, 6.45) is 3.71. The highest BCUT2D eigenvalue weighted by molar-refractivity contribution is 5.08. The number of aryl methyl sites for hydroxylation is 1. The van der Waals surface area contributed by atoms with Crippen molar-refractivity contribution in [2.75, 3.05) is 0 Å². The van der Waals surface area contributed by atoms with E-state index < -0.39 is 0 Å². The molecule has 1 aromatic heterocycles. The lowest BCUT2D eigenvalue weighted by Crippen LogP contribution is -1.95. The fourth-order valence-electron chi connectivity index (χ4n) is 0.867. The largest absolute Gasteiger partial charge is 0.331 e. The van der Waals surface area contributed by atoms with Crippen LogP contribution in [0.1, 0.15) is 11.4 Å². The van der Waals surface area contributed by atoms with Crippen LogP contribution in [0, 0.1) is 13.8 Å². The molecule has 0 aromatic carbocycles. The molecule has 0 unspecified atom stereocenters. The van der Waals surface area contributed by atoms with Crippen molar-refractivity contribution in [1.29, 1.82) is 0 Å². The molecule has 0 saturated heterocycles. The van der Waals surface area contributed by atoms with Crippen LogP contribution in [0.5, 0.6) is 0 Å². The van der Waals surface area contributed by atoms with Gasteiger partial charge < -0.3 is 4.57 Å². The highest BCUT2D eigenvalue weighted by Gasteiger charge is 1.97. The lowest BCUT2D eigenvalue weighted by atomic mass is 10.4. The lowest BCUT2D eigenvalue weighted by Gasteiger charge is -1.98. The van der Waals surface area contributed by atoms with E-state index in [0.29, 0.717) is 0 Å². The smallest absolute Gasteiger partial charge is 0.0954 e. The maximum atomic E-state index is 4.15. The van der Waals surface area contributed by atoms with E-state index in [1.54, 1.807) is 0 Å². The minimum absolute atomic E-state index is 0.854. The molecule has 54 valence electrons. The van der Waals surface area contributed by atoms with E-state index in [1.165, 1.54) is 5.69 Å². The van der Waals surface area contributed by atoms with Gasteiger partial charge in [0.1, 0.15) is 0 Å². The Labute approximate surface area is 61.2 Å². The summed E-state index contributed by atoms with van der Waals surface area (Å²) in [5.74, 6) is 0. The molecule has 1 heterocycles. The van der Waals surface area contributed by atoms with Gasteiger partial charge in [-0.15, -0.1) is 6.58 Å². The summed E-state index contributed by atoms with van der Waals surface area (Å²) >= 11 is 0. The summed E-state index contributed by atoms with van der Waals surface area (Å²) in [5.41, 5.74) is 2.32. The van der Waals surface area contributed by atoms with Gasteiger partial charge >= 0.3 is 0 Å². The Kier molecular flexibility index (Phi) is 1.90. The van der Waals surface area contributed by atoms with Crippen molar-refractivity contribution in [3.8, 4) is 0 Å². The van der Waals surface area contributed by atoms with Gasteiger partial charge in [0.2, 0.25) is 0 Å². The van der Waals surface area contributed by atoms with Gasteiger partial charge in [0.25, 0.3) is 0 Å². The van der Waals surface area contributed by atoms with Crippen LogP contribution in [0.3, 0.4) is 0 Å². The van der Waals surface area contributed by atoms with Crippen LogP contribution >= 0.6 is 0 Å². The Balaban J connectivity index is 2.93. The average Bonchev–Trinajstić information content (AvgIpc) is 2.20. The van der Waals surface area contributed by atoms with Crippen LogP contribution in [-0.4, -0.2) is 9.55 Å². The van der Waals surface area contributed by atoms with Crippen LogP contribution < -0.4 is 0 Å². The second kappa shape index (κ2) is 2.69. The average molecular weight is 136 g/mol. The van der Waals surface area contributed by atoms with Gasteiger partial charge in [-0.2, -0.15) is 0 Å². The van der Waals surface area contributed by atoms with Crippen LogP contribution in [0.25, 0.3) is 0 Å². The van der Waals surface area contributed by atoms with Crippen LogP contribution in [0.4, 0.5) is 0 Å². The Bertz CT molecular complexity index is 235. The second-order valence-electron chi connectivity index (χ2n) is 2.36. The second-order valence-corrected chi connectivity index (χ2v) is 2.36. The first-order valence-corrected chi connectivity index (χ1v) is 3.35. The van der Waals surface area contributed by atoms with Crippen molar-refractivity contribution in [2.45, 2.75) is 20.4 Å². The lowest BCUT2D eigenvalue weighted by molar-refractivity contribution is 0.790. The molecule has 0 saturated carbocycles. The highest BCUT2D eigenvalue weighted by atomic mass is 15.0. The Morgan fingerprint density at radius 3 is 2.80 bits per heavy atom. The van der Waals surface area contributed by atoms with E-state index in [4.69, 9.17) is 0 Å². The molecule has 2 heteroatoms. The third-order valence-electron chi connectivity index (χ3n) is 1.67. The maximum absolute atomic E-state index is 4.15. The number of imidazole rings is 1. The molecule has 0 radical (unpaired) electrons. The monoisotopic (exact) mass is 136 g/mol. The first-order valence-electron chi connectivity index (χ1n) is 3.35. The van der Waals surface area contributed by atoms with E-state index in [-0.39, 0.29) is 0 Å². The predicted octanol–water partition coefficient (Wildman–Crippen LogP) is 1.69. The topological polar surface area (TPSA) is 17.8 Å². The number of hydrogen-bond donors (Lipinski definition) is 0. The molecule has 0 amide bonds.